The van der Waals surface area contributed by atoms with Crippen LogP contribution in [0.1, 0.15) is 12.0 Å². The molecule has 142 valence electrons. The summed E-state index contributed by atoms with van der Waals surface area (Å²) in [7, 11) is 0. The molecule has 0 bridgehead atoms. The smallest absolute Gasteiger partial charge is 0.242 e. The van der Waals surface area contributed by atoms with Crippen LogP contribution in [-0.2, 0) is 16.1 Å². The number of amides is 2. The molecule has 1 aromatic heterocycles. The van der Waals surface area contributed by atoms with Crippen molar-refractivity contribution in [2.75, 3.05) is 43.4 Å². The highest BCUT2D eigenvalue weighted by Crippen LogP contribution is 2.34. The van der Waals surface area contributed by atoms with Gasteiger partial charge in [-0.15, -0.1) is 11.8 Å². The molecule has 0 atom stereocenters. The summed E-state index contributed by atoms with van der Waals surface area (Å²) in [6, 6.07) is 9.99. The maximum Gasteiger partial charge on any atom is 0.242 e. The number of carbonyl (C=O) groups excluding carboxylic acids is 2. The standard InChI is InChI=1S/C20H23N3O2S2/c24-19(13-23-17-4-1-2-5-18(17)27-15-20(23)25)22-8-3-7-21(9-10-22)12-16-6-11-26-14-16/h1-2,4-6,11,14H,3,7-10,12-13,15H2. The summed E-state index contributed by atoms with van der Waals surface area (Å²) in [5, 5.41) is 4.29. The van der Waals surface area contributed by atoms with E-state index in [2.05, 4.69) is 21.7 Å². The summed E-state index contributed by atoms with van der Waals surface area (Å²) in [6.07, 6.45) is 0.969. The third kappa shape index (κ3) is 4.36. The Bertz CT molecular complexity index is 809. The number of hydrogen-bond donors (Lipinski definition) is 0. The van der Waals surface area contributed by atoms with Crippen LogP contribution in [0, 0.1) is 0 Å². The first kappa shape index (κ1) is 18.5. The number of thioether (sulfide) groups is 1. The van der Waals surface area contributed by atoms with E-state index < -0.39 is 0 Å². The fraction of sp³-hybridized carbons (Fsp3) is 0.400. The first-order chi connectivity index (χ1) is 13.2. The fourth-order valence-corrected chi connectivity index (χ4v) is 5.18. The van der Waals surface area contributed by atoms with Crippen molar-refractivity contribution in [3.63, 3.8) is 0 Å². The van der Waals surface area contributed by atoms with Crippen LogP contribution in [-0.4, -0.2) is 60.1 Å². The lowest BCUT2D eigenvalue weighted by molar-refractivity contribution is -0.131. The summed E-state index contributed by atoms with van der Waals surface area (Å²) >= 11 is 3.27. The fourth-order valence-electron chi connectivity index (χ4n) is 3.58. The number of benzene rings is 1. The van der Waals surface area contributed by atoms with Crippen molar-refractivity contribution < 1.29 is 9.59 Å². The molecule has 27 heavy (non-hydrogen) atoms. The molecule has 1 fully saturated rings. The molecule has 3 heterocycles. The number of anilines is 1. The van der Waals surface area contributed by atoms with Gasteiger partial charge in [-0.3, -0.25) is 14.5 Å². The normalized spacial score (nSPS) is 18.3. The van der Waals surface area contributed by atoms with E-state index >= 15 is 0 Å². The Morgan fingerprint density at radius 2 is 1.96 bits per heavy atom. The number of carbonyl (C=O) groups is 2. The molecule has 1 aromatic carbocycles. The van der Waals surface area contributed by atoms with Gasteiger partial charge in [0.25, 0.3) is 0 Å². The molecule has 2 aromatic rings. The molecular weight excluding hydrogens is 378 g/mol. The van der Waals surface area contributed by atoms with Crippen molar-refractivity contribution in [3.8, 4) is 0 Å². The Morgan fingerprint density at radius 3 is 2.81 bits per heavy atom. The quantitative estimate of drug-likeness (QED) is 0.790. The van der Waals surface area contributed by atoms with E-state index in [1.54, 1.807) is 28.0 Å². The summed E-state index contributed by atoms with van der Waals surface area (Å²) in [5.74, 6) is 0.460. The number of hydrogen-bond acceptors (Lipinski definition) is 5. The Kier molecular flexibility index (Phi) is 5.80. The van der Waals surface area contributed by atoms with Gasteiger partial charge in [0.2, 0.25) is 11.8 Å². The van der Waals surface area contributed by atoms with Gasteiger partial charge >= 0.3 is 0 Å². The Labute approximate surface area is 167 Å². The average molecular weight is 402 g/mol. The minimum absolute atomic E-state index is 0.0148. The van der Waals surface area contributed by atoms with Gasteiger partial charge in [0.15, 0.2) is 0 Å². The number of nitrogens with zero attached hydrogens (tertiary/aromatic N) is 3. The van der Waals surface area contributed by atoms with E-state index in [1.165, 1.54) is 5.56 Å². The van der Waals surface area contributed by atoms with Crippen LogP contribution >= 0.6 is 23.1 Å². The Hall–Kier alpha value is -1.83. The lowest BCUT2D eigenvalue weighted by Gasteiger charge is -2.30. The highest BCUT2D eigenvalue weighted by Gasteiger charge is 2.28. The van der Waals surface area contributed by atoms with E-state index in [-0.39, 0.29) is 18.4 Å². The SMILES string of the molecule is O=C(CN1C(=O)CSc2ccccc21)N1CCCN(Cc2ccsc2)CC1. The average Bonchev–Trinajstić information content (AvgIpc) is 3.08. The molecule has 0 N–H and O–H groups in total. The summed E-state index contributed by atoms with van der Waals surface area (Å²) in [6.45, 7) is 4.45. The van der Waals surface area contributed by atoms with Gasteiger partial charge in [-0.25, -0.2) is 0 Å². The maximum absolute atomic E-state index is 12.9. The van der Waals surface area contributed by atoms with E-state index in [0.717, 1.165) is 49.7 Å². The van der Waals surface area contributed by atoms with Crippen LogP contribution in [0.2, 0.25) is 0 Å². The first-order valence-corrected chi connectivity index (χ1v) is 11.2. The summed E-state index contributed by atoms with van der Waals surface area (Å²) in [5.41, 5.74) is 2.20. The van der Waals surface area contributed by atoms with Gasteiger partial charge in [-0.2, -0.15) is 11.3 Å². The van der Waals surface area contributed by atoms with Crippen molar-refractivity contribution in [2.45, 2.75) is 17.9 Å². The van der Waals surface area contributed by atoms with E-state index in [1.807, 2.05) is 29.2 Å². The molecule has 2 amide bonds. The molecule has 1 saturated heterocycles. The van der Waals surface area contributed by atoms with Crippen molar-refractivity contribution in [2.24, 2.45) is 0 Å². The minimum atomic E-state index is 0.0148. The van der Waals surface area contributed by atoms with Crippen molar-refractivity contribution in [1.29, 1.82) is 0 Å². The largest absolute Gasteiger partial charge is 0.340 e. The molecule has 0 aliphatic carbocycles. The predicted octanol–water partition coefficient (Wildman–Crippen LogP) is 2.92. The second-order valence-corrected chi connectivity index (χ2v) is 8.68. The molecule has 0 saturated carbocycles. The molecule has 7 heteroatoms. The molecule has 0 radical (unpaired) electrons. The molecule has 0 unspecified atom stereocenters. The molecular formula is C20H23N3O2S2. The highest BCUT2D eigenvalue weighted by atomic mass is 32.2. The van der Waals surface area contributed by atoms with Crippen LogP contribution in [0.5, 0.6) is 0 Å². The van der Waals surface area contributed by atoms with Crippen LogP contribution in [0.4, 0.5) is 5.69 Å². The zero-order valence-corrected chi connectivity index (χ0v) is 16.8. The summed E-state index contributed by atoms with van der Waals surface area (Å²) < 4.78 is 0. The van der Waals surface area contributed by atoms with Crippen LogP contribution < -0.4 is 4.90 Å². The van der Waals surface area contributed by atoms with E-state index in [4.69, 9.17) is 0 Å². The molecule has 5 nitrogen and oxygen atoms in total. The highest BCUT2D eigenvalue weighted by molar-refractivity contribution is 8.00. The zero-order valence-electron chi connectivity index (χ0n) is 15.2. The number of para-hydroxylation sites is 1. The van der Waals surface area contributed by atoms with Crippen molar-refractivity contribution >= 4 is 40.6 Å². The van der Waals surface area contributed by atoms with E-state index in [0.29, 0.717) is 5.75 Å². The topological polar surface area (TPSA) is 43.9 Å². The predicted molar refractivity (Wildman–Crippen MR) is 110 cm³/mol. The van der Waals surface area contributed by atoms with E-state index in [9.17, 15) is 9.59 Å². The van der Waals surface area contributed by atoms with Crippen LogP contribution in [0.15, 0.2) is 46.0 Å². The van der Waals surface area contributed by atoms with Gasteiger partial charge in [-0.05, 0) is 40.9 Å². The van der Waals surface area contributed by atoms with Gasteiger partial charge in [0, 0.05) is 37.6 Å². The zero-order chi connectivity index (χ0) is 18.6. The lowest BCUT2D eigenvalue weighted by Crippen LogP contribution is -2.46. The molecule has 2 aliphatic rings. The monoisotopic (exact) mass is 401 g/mol. The van der Waals surface area contributed by atoms with Crippen molar-refractivity contribution in [1.82, 2.24) is 9.80 Å². The number of fused-ring (bicyclic) bond motifs is 1. The Morgan fingerprint density at radius 1 is 1.07 bits per heavy atom. The molecule has 0 spiro atoms. The summed E-state index contributed by atoms with van der Waals surface area (Å²) in [4.78, 5) is 32.4. The van der Waals surface area contributed by atoms with Gasteiger partial charge in [0.1, 0.15) is 6.54 Å². The van der Waals surface area contributed by atoms with Gasteiger partial charge in [0.05, 0.1) is 11.4 Å². The lowest BCUT2D eigenvalue weighted by atomic mass is 10.2. The van der Waals surface area contributed by atoms with Crippen LogP contribution in [0.3, 0.4) is 0 Å². The second-order valence-electron chi connectivity index (χ2n) is 6.88. The second kappa shape index (κ2) is 8.46. The number of thiophene rings is 1. The van der Waals surface area contributed by atoms with Crippen molar-refractivity contribution in [3.05, 3.63) is 46.7 Å². The number of rotatable bonds is 4. The molecule has 4 rings (SSSR count). The first-order valence-electron chi connectivity index (χ1n) is 9.24. The third-order valence-electron chi connectivity index (χ3n) is 5.03. The minimum Gasteiger partial charge on any atom is -0.340 e. The molecule has 2 aliphatic heterocycles. The maximum atomic E-state index is 12.9. The third-order valence-corrected chi connectivity index (χ3v) is 6.81. The Balaban J connectivity index is 1.38. The van der Waals surface area contributed by atoms with Gasteiger partial charge < -0.3 is 9.80 Å². The van der Waals surface area contributed by atoms with Gasteiger partial charge in [-0.1, -0.05) is 12.1 Å². The van der Waals surface area contributed by atoms with Crippen LogP contribution in [0.25, 0.3) is 0 Å².